The van der Waals surface area contributed by atoms with Gasteiger partial charge in [-0.1, -0.05) is 24.3 Å². The Kier molecular flexibility index (Phi) is 2.91. The molecule has 2 rings (SSSR count). The number of unbranched alkanes of at least 4 members (excludes halogenated alkanes) is 1. The number of benzene rings is 1. The molecule has 0 bridgehead atoms. The molecule has 0 atom stereocenters. The quantitative estimate of drug-likeness (QED) is 0.523. The molecule has 1 heteroatoms. The summed E-state index contributed by atoms with van der Waals surface area (Å²) in [6.45, 7) is 3.75. The zero-order valence-electron chi connectivity index (χ0n) is 9.24. The van der Waals surface area contributed by atoms with E-state index >= 15 is 0 Å². The maximum absolute atomic E-state index is 3.75. The topological polar surface area (TPSA) is 4.93 Å². The molecule has 0 aliphatic heterocycles. The minimum Gasteiger partial charge on any atom is -0.350 e. The van der Waals surface area contributed by atoms with Crippen molar-refractivity contribution in [2.75, 3.05) is 0 Å². The number of hydrogen-bond acceptors (Lipinski definition) is 0. The van der Waals surface area contributed by atoms with Crippen LogP contribution in [0.1, 0.15) is 18.4 Å². The molecule has 0 amide bonds. The van der Waals surface area contributed by atoms with Gasteiger partial charge >= 0.3 is 0 Å². The zero-order valence-corrected chi connectivity index (χ0v) is 9.24. The van der Waals surface area contributed by atoms with Gasteiger partial charge in [-0.15, -0.1) is 6.58 Å². The lowest BCUT2D eigenvalue weighted by molar-refractivity contribution is 0.840. The van der Waals surface area contributed by atoms with Gasteiger partial charge in [0, 0.05) is 24.1 Å². The Labute approximate surface area is 91.0 Å². The third kappa shape index (κ3) is 1.96. The summed E-state index contributed by atoms with van der Waals surface area (Å²) in [6, 6.07) is 8.58. The van der Waals surface area contributed by atoms with Crippen LogP contribution in [-0.4, -0.2) is 4.57 Å². The zero-order chi connectivity index (χ0) is 10.7. The number of fused-ring (bicyclic) bond motifs is 1. The van der Waals surface area contributed by atoms with Gasteiger partial charge in [-0.05, 0) is 30.9 Å². The van der Waals surface area contributed by atoms with Gasteiger partial charge in [-0.2, -0.15) is 0 Å². The third-order valence-corrected chi connectivity index (χ3v) is 2.83. The molecule has 0 aliphatic rings. The fraction of sp³-hybridized carbons (Fsp3) is 0.286. The highest BCUT2D eigenvalue weighted by Crippen LogP contribution is 2.21. The first-order valence-corrected chi connectivity index (χ1v) is 5.47. The molecule has 15 heavy (non-hydrogen) atoms. The lowest BCUT2D eigenvalue weighted by atomic mass is 10.1. The van der Waals surface area contributed by atoms with Crippen LogP contribution < -0.4 is 0 Å². The molecule has 0 aliphatic carbocycles. The number of nitrogens with zero attached hydrogens (tertiary/aromatic N) is 1. The molecule has 1 nitrogen and oxygen atoms in total. The predicted molar refractivity (Wildman–Crippen MR) is 66.1 cm³/mol. The number of rotatable bonds is 4. The van der Waals surface area contributed by atoms with E-state index in [-0.39, 0.29) is 0 Å². The summed E-state index contributed by atoms with van der Waals surface area (Å²) in [7, 11) is 2.11. The second-order valence-electron chi connectivity index (χ2n) is 3.96. The Morgan fingerprint density at radius 2 is 2.13 bits per heavy atom. The van der Waals surface area contributed by atoms with Gasteiger partial charge < -0.3 is 4.57 Å². The van der Waals surface area contributed by atoms with Crippen LogP contribution in [0.4, 0.5) is 0 Å². The monoisotopic (exact) mass is 199 g/mol. The maximum atomic E-state index is 3.75. The molecule has 1 heterocycles. The number of hydrogen-bond donors (Lipinski definition) is 0. The lowest BCUT2D eigenvalue weighted by Gasteiger charge is -1.96. The van der Waals surface area contributed by atoms with E-state index in [4.69, 9.17) is 0 Å². The SMILES string of the molecule is C=CCCCc1cn(C)c2ccccc12. The molecule has 0 saturated heterocycles. The molecule has 1 aromatic carbocycles. The van der Waals surface area contributed by atoms with E-state index in [1.807, 2.05) is 6.08 Å². The normalized spacial score (nSPS) is 10.7. The number of aryl methyl sites for hydroxylation is 2. The summed E-state index contributed by atoms with van der Waals surface area (Å²) in [4.78, 5) is 0. The fourth-order valence-corrected chi connectivity index (χ4v) is 2.06. The van der Waals surface area contributed by atoms with E-state index in [0.717, 1.165) is 12.8 Å². The molecule has 0 N–H and O–H groups in total. The van der Waals surface area contributed by atoms with Crippen molar-refractivity contribution >= 4 is 10.9 Å². The average Bonchev–Trinajstić information content (AvgIpc) is 2.58. The van der Waals surface area contributed by atoms with Crippen molar-refractivity contribution in [1.29, 1.82) is 0 Å². The van der Waals surface area contributed by atoms with Crippen LogP contribution in [0.15, 0.2) is 43.1 Å². The first-order chi connectivity index (χ1) is 7.33. The third-order valence-electron chi connectivity index (χ3n) is 2.83. The van der Waals surface area contributed by atoms with Crippen LogP contribution in [0, 0.1) is 0 Å². The summed E-state index contributed by atoms with van der Waals surface area (Å²) < 4.78 is 2.21. The van der Waals surface area contributed by atoms with Crippen molar-refractivity contribution in [2.45, 2.75) is 19.3 Å². The van der Waals surface area contributed by atoms with Crippen LogP contribution in [-0.2, 0) is 13.5 Å². The van der Waals surface area contributed by atoms with Gasteiger partial charge in [0.15, 0.2) is 0 Å². The summed E-state index contributed by atoms with van der Waals surface area (Å²) >= 11 is 0. The van der Waals surface area contributed by atoms with Gasteiger partial charge in [0.05, 0.1) is 0 Å². The Bertz CT molecular complexity index is 465. The molecule has 2 aromatic rings. The van der Waals surface area contributed by atoms with E-state index in [1.165, 1.54) is 22.9 Å². The largest absolute Gasteiger partial charge is 0.350 e. The van der Waals surface area contributed by atoms with Gasteiger partial charge in [-0.3, -0.25) is 0 Å². The van der Waals surface area contributed by atoms with Crippen molar-refractivity contribution < 1.29 is 0 Å². The Balaban J connectivity index is 2.31. The standard InChI is InChI=1S/C14H17N/c1-3-4-5-8-12-11-15(2)14-10-7-6-9-13(12)14/h3,6-7,9-11H,1,4-5,8H2,2H3. The van der Waals surface area contributed by atoms with Crippen molar-refractivity contribution in [3.63, 3.8) is 0 Å². The summed E-state index contributed by atoms with van der Waals surface area (Å²) in [6.07, 6.45) is 7.67. The minimum absolute atomic E-state index is 1.10. The number of aromatic nitrogens is 1. The summed E-state index contributed by atoms with van der Waals surface area (Å²) in [5.74, 6) is 0. The molecular weight excluding hydrogens is 182 g/mol. The molecule has 0 fully saturated rings. The highest BCUT2D eigenvalue weighted by atomic mass is 14.9. The first-order valence-electron chi connectivity index (χ1n) is 5.47. The van der Waals surface area contributed by atoms with Gasteiger partial charge in [0.2, 0.25) is 0 Å². The van der Waals surface area contributed by atoms with Gasteiger partial charge in [-0.25, -0.2) is 0 Å². The van der Waals surface area contributed by atoms with Crippen molar-refractivity contribution in [2.24, 2.45) is 7.05 Å². The Morgan fingerprint density at radius 3 is 2.93 bits per heavy atom. The summed E-state index contributed by atoms with van der Waals surface area (Å²) in [5.41, 5.74) is 2.78. The first kappa shape index (κ1) is 10.0. The van der Waals surface area contributed by atoms with Crippen molar-refractivity contribution in [1.82, 2.24) is 4.57 Å². The summed E-state index contributed by atoms with van der Waals surface area (Å²) in [5, 5.41) is 1.39. The second-order valence-corrected chi connectivity index (χ2v) is 3.96. The van der Waals surface area contributed by atoms with Gasteiger partial charge in [0.25, 0.3) is 0 Å². The molecule has 1 aromatic heterocycles. The van der Waals surface area contributed by atoms with Crippen LogP contribution in [0.25, 0.3) is 10.9 Å². The van der Waals surface area contributed by atoms with Crippen LogP contribution >= 0.6 is 0 Å². The molecule has 0 unspecified atom stereocenters. The number of allylic oxidation sites excluding steroid dienone is 1. The highest BCUT2D eigenvalue weighted by Gasteiger charge is 2.04. The van der Waals surface area contributed by atoms with E-state index < -0.39 is 0 Å². The van der Waals surface area contributed by atoms with Crippen LogP contribution in [0.5, 0.6) is 0 Å². The predicted octanol–water partition coefficient (Wildman–Crippen LogP) is 3.69. The molecule has 78 valence electrons. The molecule has 0 saturated carbocycles. The van der Waals surface area contributed by atoms with Crippen LogP contribution in [0.3, 0.4) is 0 Å². The van der Waals surface area contributed by atoms with Crippen LogP contribution in [0.2, 0.25) is 0 Å². The Hall–Kier alpha value is -1.50. The van der Waals surface area contributed by atoms with Gasteiger partial charge in [0.1, 0.15) is 0 Å². The fourth-order valence-electron chi connectivity index (χ4n) is 2.06. The van der Waals surface area contributed by atoms with E-state index in [9.17, 15) is 0 Å². The van der Waals surface area contributed by atoms with Crippen molar-refractivity contribution in [3.8, 4) is 0 Å². The average molecular weight is 199 g/mol. The minimum atomic E-state index is 1.10. The van der Waals surface area contributed by atoms with E-state index in [1.54, 1.807) is 0 Å². The molecule has 0 spiro atoms. The highest BCUT2D eigenvalue weighted by molar-refractivity contribution is 5.83. The number of para-hydroxylation sites is 1. The Morgan fingerprint density at radius 1 is 1.33 bits per heavy atom. The smallest absolute Gasteiger partial charge is 0.0480 e. The second kappa shape index (κ2) is 4.35. The molecule has 0 radical (unpaired) electrons. The van der Waals surface area contributed by atoms with E-state index in [2.05, 4.69) is 48.7 Å². The molecular formula is C14H17N. The van der Waals surface area contributed by atoms with E-state index in [0.29, 0.717) is 0 Å². The van der Waals surface area contributed by atoms with Crippen molar-refractivity contribution in [3.05, 3.63) is 48.7 Å². The maximum Gasteiger partial charge on any atom is 0.0480 e. The lowest BCUT2D eigenvalue weighted by Crippen LogP contribution is -1.83.